The highest BCUT2D eigenvalue weighted by molar-refractivity contribution is 5.79. The largest absolute Gasteiger partial charge is 0.373 e. The van der Waals surface area contributed by atoms with Crippen molar-refractivity contribution < 1.29 is 9.53 Å². The summed E-state index contributed by atoms with van der Waals surface area (Å²) in [7, 11) is 0. The van der Waals surface area contributed by atoms with Crippen molar-refractivity contribution in [3.05, 3.63) is 0 Å². The van der Waals surface area contributed by atoms with Gasteiger partial charge in [0.25, 0.3) is 0 Å². The third-order valence-electron chi connectivity index (χ3n) is 4.10. The predicted octanol–water partition coefficient (Wildman–Crippen LogP) is 0.422. The molecule has 2 bridgehead atoms. The molecule has 3 unspecified atom stereocenters. The Labute approximate surface area is 96.1 Å². The molecule has 0 aliphatic carbocycles. The van der Waals surface area contributed by atoms with E-state index in [9.17, 15) is 4.79 Å². The second-order valence-corrected chi connectivity index (χ2v) is 5.27. The maximum absolute atomic E-state index is 12.0. The molecule has 3 aliphatic rings. The number of hydrogen-bond donors (Lipinski definition) is 2. The van der Waals surface area contributed by atoms with Gasteiger partial charge in [0.2, 0.25) is 5.91 Å². The Kier molecular flexibility index (Phi) is 2.86. The topological polar surface area (TPSA) is 50.4 Å². The van der Waals surface area contributed by atoms with Crippen LogP contribution in [0.1, 0.15) is 32.1 Å². The molecule has 4 heteroatoms. The normalized spacial score (nSPS) is 42.2. The first-order chi connectivity index (χ1) is 7.83. The van der Waals surface area contributed by atoms with Crippen LogP contribution >= 0.6 is 0 Å². The third kappa shape index (κ3) is 1.96. The first-order valence-corrected chi connectivity index (χ1v) is 6.49. The maximum atomic E-state index is 12.0. The number of hydrogen-bond acceptors (Lipinski definition) is 3. The minimum Gasteiger partial charge on any atom is -0.373 e. The highest BCUT2D eigenvalue weighted by Crippen LogP contribution is 2.34. The third-order valence-corrected chi connectivity index (χ3v) is 4.10. The zero-order valence-corrected chi connectivity index (χ0v) is 9.58. The van der Waals surface area contributed by atoms with Crippen LogP contribution in [0.5, 0.6) is 0 Å². The van der Waals surface area contributed by atoms with Gasteiger partial charge in [0.15, 0.2) is 0 Å². The zero-order valence-electron chi connectivity index (χ0n) is 9.58. The standard InChI is InChI=1S/C12H20N2O2/c15-12(8-2-1-5-13-7-8)14-10-6-9-3-4-11(10)16-9/h8-11,13H,1-7H2,(H,14,15)/t8-,9?,10?,11?/m0/s1. The molecule has 3 rings (SSSR count). The van der Waals surface area contributed by atoms with Crippen molar-refractivity contribution in [2.24, 2.45) is 5.92 Å². The van der Waals surface area contributed by atoms with Crippen LogP contribution in [0.4, 0.5) is 0 Å². The van der Waals surface area contributed by atoms with Gasteiger partial charge in [0.1, 0.15) is 0 Å². The van der Waals surface area contributed by atoms with Gasteiger partial charge in [-0.2, -0.15) is 0 Å². The van der Waals surface area contributed by atoms with Crippen LogP contribution in [-0.4, -0.2) is 37.2 Å². The molecule has 0 aromatic heterocycles. The number of ether oxygens (including phenoxy) is 1. The molecule has 1 amide bonds. The fourth-order valence-electron chi connectivity index (χ4n) is 3.17. The van der Waals surface area contributed by atoms with Gasteiger partial charge < -0.3 is 15.4 Å². The highest BCUT2D eigenvalue weighted by atomic mass is 16.5. The molecular weight excluding hydrogens is 204 g/mol. The van der Waals surface area contributed by atoms with E-state index >= 15 is 0 Å². The summed E-state index contributed by atoms with van der Waals surface area (Å²) in [5.74, 6) is 0.404. The van der Waals surface area contributed by atoms with E-state index in [4.69, 9.17) is 4.74 Å². The second-order valence-electron chi connectivity index (χ2n) is 5.27. The van der Waals surface area contributed by atoms with Gasteiger partial charge in [0, 0.05) is 6.54 Å². The molecule has 0 radical (unpaired) electrons. The monoisotopic (exact) mass is 224 g/mol. The molecule has 4 atom stereocenters. The first kappa shape index (κ1) is 10.5. The van der Waals surface area contributed by atoms with Crippen molar-refractivity contribution in [2.75, 3.05) is 13.1 Å². The fraction of sp³-hybridized carbons (Fsp3) is 0.917. The van der Waals surface area contributed by atoms with Crippen LogP contribution in [-0.2, 0) is 9.53 Å². The summed E-state index contributed by atoms with van der Waals surface area (Å²) < 4.78 is 5.74. The van der Waals surface area contributed by atoms with E-state index in [2.05, 4.69) is 10.6 Å². The lowest BCUT2D eigenvalue weighted by Crippen LogP contribution is -2.47. The van der Waals surface area contributed by atoms with Crippen LogP contribution < -0.4 is 10.6 Å². The quantitative estimate of drug-likeness (QED) is 0.715. The molecule has 0 aromatic carbocycles. The lowest BCUT2D eigenvalue weighted by Gasteiger charge is -2.26. The van der Waals surface area contributed by atoms with Crippen molar-refractivity contribution in [2.45, 2.75) is 50.4 Å². The minimum atomic E-state index is 0.174. The molecular formula is C12H20N2O2. The summed E-state index contributed by atoms with van der Waals surface area (Å²) in [6.07, 6.45) is 6.19. The Morgan fingerprint density at radius 3 is 2.88 bits per heavy atom. The van der Waals surface area contributed by atoms with Crippen molar-refractivity contribution >= 4 is 5.91 Å². The number of nitrogens with one attached hydrogen (secondary N) is 2. The van der Waals surface area contributed by atoms with Crippen molar-refractivity contribution in [3.8, 4) is 0 Å². The predicted molar refractivity (Wildman–Crippen MR) is 60.0 cm³/mol. The van der Waals surface area contributed by atoms with E-state index in [1.54, 1.807) is 0 Å². The molecule has 3 saturated heterocycles. The van der Waals surface area contributed by atoms with Gasteiger partial charge >= 0.3 is 0 Å². The average molecular weight is 224 g/mol. The van der Waals surface area contributed by atoms with E-state index in [1.807, 2.05) is 0 Å². The van der Waals surface area contributed by atoms with E-state index in [0.717, 1.165) is 38.8 Å². The summed E-state index contributed by atoms with van der Waals surface area (Å²) in [6.45, 7) is 1.90. The SMILES string of the molecule is O=C(NC1CC2CCC1O2)[C@H]1CCCNC1. The number of fused-ring (bicyclic) bond motifs is 2. The molecule has 90 valence electrons. The van der Waals surface area contributed by atoms with E-state index < -0.39 is 0 Å². The van der Waals surface area contributed by atoms with Crippen LogP contribution in [0, 0.1) is 5.92 Å². The summed E-state index contributed by atoms with van der Waals surface area (Å²) in [5, 5.41) is 6.46. The summed E-state index contributed by atoms with van der Waals surface area (Å²) in [4.78, 5) is 12.0. The molecule has 2 N–H and O–H groups in total. The van der Waals surface area contributed by atoms with Gasteiger partial charge in [-0.15, -0.1) is 0 Å². The number of carbonyl (C=O) groups is 1. The van der Waals surface area contributed by atoms with Gasteiger partial charge in [-0.25, -0.2) is 0 Å². The lowest BCUT2D eigenvalue weighted by atomic mass is 9.93. The smallest absolute Gasteiger partial charge is 0.224 e. The molecule has 3 heterocycles. The van der Waals surface area contributed by atoms with Crippen LogP contribution in [0.2, 0.25) is 0 Å². The van der Waals surface area contributed by atoms with Crippen LogP contribution in [0.25, 0.3) is 0 Å². The summed E-state index contributed by atoms with van der Waals surface area (Å²) in [5.41, 5.74) is 0. The Hall–Kier alpha value is -0.610. The van der Waals surface area contributed by atoms with Gasteiger partial charge in [-0.05, 0) is 38.6 Å². The summed E-state index contributed by atoms with van der Waals surface area (Å²) >= 11 is 0. The van der Waals surface area contributed by atoms with Crippen molar-refractivity contribution in [1.82, 2.24) is 10.6 Å². The Balaban J connectivity index is 1.52. The van der Waals surface area contributed by atoms with Crippen LogP contribution in [0.15, 0.2) is 0 Å². The molecule has 4 nitrogen and oxygen atoms in total. The number of rotatable bonds is 2. The highest BCUT2D eigenvalue weighted by Gasteiger charge is 2.41. The molecule has 0 saturated carbocycles. The number of piperidine rings is 1. The van der Waals surface area contributed by atoms with E-state index in [1.165, 1.54) is 6.42 Å². The van der Waals surface area contributed by atoms with Gasteiger partial charge in [-0.3, -0.25) is 4.79 Å². The fourth-order valence-corrected chi connectivity index (χ4v) is 3.17. The van der Waals surface area contributed by atoms with E-state index in [-0.39, 0.29) is 17.9 Å². The van der Waals surface area contributed by atoms with Gasteiger partial charge in [0.05, 0.1) is 24.2 Å². The molecule has 0 spiro atoms. The molecule has 3 fully saturated rings. The maximum Gasteiger partial charge on any atom is 0.224 e. The first-order valence-electron chi connectivity index (χ1n) is 6.49. The number of amides is 1. The Morgan fingerprint density at radius 1 is 1.31 bits per heavy atom. The zero-order chi connectivity index (χ0) is 11.0. The molecule has 0 aromatic rings. The summed E-state index contributed by atoms with van der Waals surface area (Å²) in [6, 6.07) is 0.285. The lowest BCUT2D eigenvalue weighted by molar-refractivity contribution is -0.126. The van der Waals surface area contributed by atoms with Crippen LogP contribution in [0.3, 0.4) is 0 Å². The molecule has 3 aliphatic heterocycles. The van der Waals surface area contributed by atoms with Crippen molar-refractivity contribution in [1.29, 1.82) is 0 Å². The minimum absolute atomic E-state index is 0.174. The van der Waals surface area contributed by atoms with E-state index in [0.29, 0.717) is 12.2 Å². The Bertz CT molecular complexity index is 276. The van der Waals surface area contributed by atoms with Gasteiger partial charge in [-0.1, -0.05) is 0 Å². The molecule has 16 heavy (non-hydrogen) atoms. The number of carbonyl (C=O) groups excluding carboxylic acids is 1. The second kappa shape index (κ2) is 4.34. The average Bonchev–Trinajstić information content (AvgIpc) is 2.92. The Morgan fingerprint density at radius 2 is 2.25 bits per heavy atom. The van der Waals surface area contributed by atoms with Crippen molar-refractivity contribution in [3.63, 3.8) is 0 Å².